The Hall–Kier alpha value is -0.510. The summed E-state index contributed by atoms with van der Waals surface area (Å²) in [6.45, 7) is 8.69. The zero-order valence-electron chi connectivity index (χ0n) is 16.8. The van der Waals surface area contributed by atoms with Crippen molar-refractivity contribution in [3.8, 4) is 0 Å². The third kappa shape index (κ3) is 10.6. The average molecular weight is 506 g/mol. The highest BCUT2D eigenvalue weighted by Gasteiger charge is 2.16. The van der Waals surface area contributed by atoms with Gasteiger partial charge in [-0.1, -0.05) is 30.3 Å². The minimum absolute atomic E-state index is 0. The van der Waals surface area contributed by atoms with Crippen molar-refractivity contribution in [3.05, 3.63) is 35.9 Å². The highest BCUT2D eigenvalue weighted by atomic mass is 127. The van der Waals surface area contributed by atoms with Crippen LogP contribution in [0.5, 0.6) is 0 Å². The number of halogens is 1. The van der Waals surface area contributed by atoms with Crippen molar-refractivity contribution in [2.24, 2.45) is 4.99 Å². The number of hydrogen-bond donors (Lipinski definition) is 2. The fraction of sp³-hybridized carbons (Fsp3) is 0.650. The molecule has 7 heteroatoms. The molecule has 5 nitrogen and oxygen atoms in total. The molecule has 0 aromatic heterocycles. The van der Waals surface area contributed by atoms with Gasteiger partial charge in [0.25, 0.3) is 0 Å². The van der Waals surface area contributed by atoms with Crippen LogP contribution in [-0.2, 0) is 6.54 Å². The summed E-state index contributed by atoms with van der Waals surface area (Å²) in [5.41, 5.74) is 1.41. The molecular formula is C20H36IN5S. The van der Waals surface area contributed by atoms with Crippen LogP contribution < -0.4 is 10.6 Å². The van der Waals surface area contributed by atoms with Crippen molar-refractivity contribution in [1.82, 2.24) is 20.4 Å². The Morgan fingerprint density at radius 2 is 1.67 bits per heavy atom. The van der Waals surface area contributed by atoms with Crippen LogP contribution >= 0.6 is 35.7 Å². The molecule has 0 aliphatic carbocycles. The Morgan fingerprint density at radius 3 is 2.33 bits per heavy atom. The molecule has 1 aliphatic heterocycles. The Bertz CT molecular complexity index is 506. The standard InChI is InChI=1S/C20H35N5S.HI/c1-21-20(22-10-6-7-17-26-2)23-11-12-24-13-15-25(16-14-24)18-19-8-4-3-5-9-19;/h3-5,8-9H,6-7,10-18H2,1-2H3,(H2,21,22,23);1H. The summed E-state index contributed by atoms with van der Waals surface area (Å²) in [5.74, 6) is 2.17. The van der Waals surface area contributed by atoms with Gasteiger partial charge in [0.05, 0.1) is 0 Å². The maximum Gasteiger partial charge on any atom is 0.191 e. The fourth-order valence-corrected chi connectivity index (χ4v) is 3.64. The van der Waals surface area contributed by atoms with Gasteiger partial charge in [0.1, 0.15) is 0 Å². The van der Waals surface area contributed by atoms with E-state index in [2.05, 4.69) is 62.0 Å². The second-order valence-electron chi connectivity index (χ2n) is 6.73. The molecule has 1 fully saturated rings. The summed E-state index contributed by atoms with van der Waals surface area (Å²) in [6, 6.07) is 10.8. The highest BCUT2D eigenvalue weighted by Crippen LogP contribution is 2.07. The van der Waals surface area contributed by atoms with Gasteiger partial charge in [0, 0.05) is 59.4 Å². The van der Waals surface area contributed by atoms with E-state index >= 15 is 0 Å². The van der Waals surface area contributed by atoms with Crippen LogP contribution in [0.15, 0.2) is 35.3 Å². The Kier molecular flexibility index (Phi) is 14.0. The molecule has 0 atom stereocenters. The predicted molar refractivity (Wildman–Crippen MR) is 131 cm³/mol. The maximum absolute atomic E-state index is 4.31. The summed E-state index contributed by atoms with van der Waals surface area (Å²) in [4.78, 5) is 9.40. The molecule has 154 valence electrons. The quantitative estimate of drug-likeness (QED) is 0.222. The number of aliphatic imine (C=N–C) groups is 1. The van der Waals surface area contributed by atoms with Crippen LogP contribution in [0.25, 0.3) is 0 Å². The molecule has 2 N–H and O–H groups in total. The summed E-state index contributed by atoms with van der Waals surface area (Å²) in [6.07, 6.45) is 4.62. The lowest BCUT2D eigenvalue weighted by atomic mass is 10.2. The lowest BCUT2D eigenvalue weighted by Gasteiger charge is -2.34. The van der Waals surface area contributed by atoms with Gasteiger partial charge in [-0.15, -0.1) is 24.0 Å². The lowest BCUT2D eigenvalue weighted by Crippen LogP contribution is -2.49. The molecule has 1 aromatic rings. The van der Waals surface area contributed by atoms with E-state index in [0.717, 1.165) is 58.3 Å². The Morgan fingerprint density at radius 1 is 1.00 bits per heavy atom. The van der Waals surface area contributed by atoms with Gasteiger partial charge in [-0.3, -0.25) is 14.8 Å². The molecule has 1 aromatic carbocycles. The zero-order valence-corrected chi connectivity index (χ0v) is 20.0. The van der Waals surface area contributed by atoms with E-state index in [0.29, 0.717) is 0 Å². The van der Waals surface area contributed by atoms with Crippen LogP contribution in [0.3, 0.4) is 0 Å². The molecule has 0 bridgehead atoms. The highest BCUT2D eigenvalue weighted by molar-refractivity contribution is 14.0. The molecule has 0 saturated carbocycles. The van der Waals surface area contributed by atoms with Crippen molar-refractivity contribution in [1.29, 1.82) is 0 Å². The van der Waals surface area contributed by atoms with Gasteiger partial charge >= 0.3 is 0 Å². The minimum atomic E-state index is 0. The van der Waals surface area contributed by atoms with Gasteiger partial charge in [-0.05, 0) is 30.4 Å². The largest absolute Gasteiger partial charge is 0.356 e. The number of benzene rings is 1. The molecule has 0 radical (unpaired) electrons. The SMILES string of the molecule is CN=C(NCCCCSC)NCCN1CCN(Cc2ccccc2)CC1.I. The van der Waals surface area contributed by atoms with Crippen molar-refractivity contribution < 1.29 is 0 Å². The predicted octanol–water partition coefficient (Wildman–Crippen LogP) is 2.73. The second-order valence-corrected chi connectivity index (χ2v) is 7.71. The van der Waals surface area contributed by atoms with E-state index in [-0.39, 0.29) is 24.0 Å². The summed E-state index contributed by atoms with van der Waals surface area (Å²) in [5, 5.41) is 6.84. The fourth-order valence-electron chi connectivity index (χ4n) is 3.14. The lowest BCUT2D eigenvalue weighted by molar-refractivity contribution is 0.129. The van der Waals surface area contributed by atoms with E-state index in [9.17, 15) is 0 Å². The summed E-state index contributed by atoms with van der Waals surface area (Å²) < 4.78 is 0. The first kappa shape index (κ1) is 24.5. The van der Waals surface area contributed by atoms with Gasteiger partial charge in [0.15, 0.2) is 5.96 Å². The first-order valence-electron chi connectivity index (χ1n) is 9.74. The first-order valence-corrected chi connectivity index (χ1v) is 11.1. The molecule has 1 aliphatic rings. The van der Waals surface area contributed by atoms with Gasteiger partial charge < -0.3 is 10.6 Å². The van der Waals surface area contributed by atoms with Crippen LogP contribution in [0.2, 0.25) is 0 Å². The molecule has 1 heterocycles. The maximum atomic E-state index is 4.31. The van der Waals surface area contributed by atoms with Crippen LogP contribution in [0.1, 0.15) is 18.4 Å². The van der Waals surface area contributed by atoms with Gasteiger partial charge in [-0.2, -0.15) is 11.8 Å². The Balaban J connectivity index is 0.00000364. The molecule has 0 unspecified atom stereocenters. The van der Waals surface area contributed by atoms with Crippen molar-refractivity contribution in [3.63, 3.8) is 0 Å². The molecule has 2 rings (SSSR count). The second kappa shape index (κ2) is 15.4. The van der Waals surface area contributed by atoms with E-state index in [1.54, 1.807) is 0 Å². The number of hydrogen-bond acceptors (Lipinski definition) is 4. The first-order chi connectivity index (χ1) is 12.8. The Labute approximate surface area is 186 Å². The van der Waals surface area contributed by atoms with Crippen LogP contribution in [0, 0.1) is 0 Å². The number of nitrogens with zero attached hydrogens (tertiary/aromatic N) is 3. The van der Waals surface area contributed by atoms with E-state index in [4.69, 9.17) is 0 Å². The third-order valence-electron chi connectivity index (χ3n) is 4.73. The van der Waals surface area contributed by atoms with E-state index in [1.165, 1.54) is 24.2 Å². The number of nitrogens with one attached hydrogen (secondary N) is 2. The smallest absolute Gasteiger partial charge is 0.191 e. The number of thioether (sulfide) groups is 1. The molecular weight excluding hydrogens is 469 g/mol. The molecule has 27 heavy (non-hydrogen) atoms. The van der Waals surface area contributed by atoms with Gasteiger partial charge in [0.2, 0.25) is 0 Å². The number of rotatable bonds is 10. The number of unbranched alkanes of at least 4 members (excludes halogenated alkanes) is 1. The average Bonchev–Trinajstić information content (AvgIpc) is 2.68. The van der Waals surface area contributed by atoms with Crippen LogP contribution in [-0.4, -0.2) is 80.6 Å². The monoisotopic (exact) mass is 505 g/mol. The van der Waals surface area contributed by atoms with Crippen molar-refractivity contribution in [2.45, 2.75) is 19.4 Å². The normalized spacial score (nSPS) is 16.0. The van der Waals surface area contributed by atoms with E-state index < -0.39 is 0 Å². The van der Waals surface area contributed by atoms with Crippen molar-refractivity contribution >= 4 is 41.7 Å². The van der Waals surface area contributed by atoms with Crippen LogP contribution in [0.4, 0.5) is 0 Å². The topological polar surface area (TPSA) is 42.9 Å². The molecule has 0 spiro atoms. The minimum Gasteiger partial charge on any atom is -0.356 e. The molecule has 1 saturated heterocycles. The number of guanidine groups is 1. The zero-order chi connectivity index (χ0) is 18.5. The summed E-state index contributed by atoms with van der Waals surface area (Å²) in [7, 11) is 1.85. The van der Waals surface area contributed by atoms with E-state index in [1.807, 2.05) is 18.8 Å². The van der Waals surface area contributed by atoms with Gasteiger partial charge in [-0.25, -0.2) is 0 Å². The number of piperazine rings is 1. The molecule has 0 amide bonds. The summed E-state index contributed by atoms with van der Waals surface area (Å²) >= 11 is 1.91. The third-order valence-corrected chi connectivity index (χ3v) is 5.42. The van der Waals surface area contributed by atoms with Crippen molar-refractivity contribution in [2.75, 3.05) is 64.9 Å².